The van der Waals surface area contributed by atoms with Crippen molar-refractivity contribution in [1.82, 2.24) is 14.3 Å². The van der Waals surface area contributed by atoms with Crippen LogP contribution in [0.4, 0.5) is 0 Å². The molecule has 33 heavy (non-hydrogen) atoms. The number of carboxylic acid groups (broad SMARTS) is 1. The number of nitrogens with zero attached hydrogens (tertiary/aromatic N) is 3. The lowest BCUT2D eigenvalue weighted by molar-refractivity contribution is -0.140. The van der Waals surface area contributed by atoms with Crippen LogP contribution in [0.5, 0.6) is 0 Å². The van der Waals surface area contributed by atoms with Crippen LogP contribution in [-0.4, -0.2) is 43.2 Å². The van der Waals surface area contributed by atoms with Crippen LogP contribution in [-0.2, 0) is 4.79 Å². The molecule has 166 valence electrons. The smallest absolute Gasteiger partial charge is 0.321 e. The van der Waals surface area contributed by atoms with Crippen molar-refractivity contribution in [2.24, 2.45) is 5.92 Å². The Morgan fingerprint density at radius 2 is 1.94 bits per heavy atom. The summed E-state index contributed by atoms with van der Waals surface area (Å²) in [5, 5.41) is 10.7. The minimum Gasteiger partial charge on any atom is -0.480 e. The Bertz CT molecular complexity index is 1250. The highest BCUT2D eigenvalue weighted by Crippen LogP contribution is 2.34. The maximum absolute atomic E-state index is 11.4. The summed E-state index contributed by atoms with van der Waals surface area (Å²) in [6.07, 6.45) is 11.7. The molecule has 1 aromatic carbocycles. The zero-order chi connectivity index (χ0) is 22.6. The van der Waals surface area contributed by atoms with Gasteiger partial charge in [-0.1, -0.05) is 48.1 Å². The fourth-order valence-electron chi connectivity index (χ4n) is 4.32. The molecular formula is C27H25N3O2S. The zero-order valence-electron chi connectivity index (χ0n) is 18.2. The number of carboxylic acids is 1. The van der Waals surface area contributed by atoms with E-state index in [2.05, 4.69) is 41.1 Å². The molecule has 1 fully saturated rings. The minimum atomic E-state index is -0.705. The molecule has 0 saturated carbocycles. The van der Waals surface area contributed by atoms with Gasteiger partial charge in [0.15, 0.2) is 0 Å². The van der Waals surface area contributed by atoms with Gasteiger partial charge >= 0.3 is 5.97 Å². The Morgan fingerprint density at radius 3 is 2.73 bits per heavy atom. The summed E-state index contributed by atoms with van der Waals surface area (Å²) in [6, 6.07) is 13.9. The summed E-state index contributed by atoms with van der Waals surface area (Å²) in [5.41, 5.74) is 3.94. The highest BCUT2D eigenvalue weighted by molar-refractivity contribution is 7.97. The highest BCUT2D eigenvalue weighted by atomic mass is 32.2. The first-order valence-electron chi connectivity index (χ1n) is 11.3. The van der Waals surface area contributed by atoms with Crippen molar-refractivity contribution >= 4 is 28.8 Å². The second-order valence-corrected chi connectivity index (χ2v) is 9.75. The number of carbonyl (C=O) groups is 1. The molecule has 0 spiro atoms. The fourth-order valence-corrected chi connectivity index (χ4v) is 5.64. The average Bonchev–Trinajstić information content (AvgIpc) is 3.32. The maximum atomic E-state index is 11.4. The number of aliphatic carboxylic acids is 1. The van der Waals surface area contributed by atoms with Gasteiger partial charge in [0.2, 0.25) is 0 Å². The van der Waals surface area contributed by atoms with E-state index in [4.69, 9.17) is 4.98 Å². The number of fused-ring (bicyclic) bond motifs is 1. The minimum absolute atomic E-state index is 0.242. The molecule has 0 radical (unpaired) electrons. The van der Waals surface area contributed by atoms with Gasteiger partial charge in [-0.25, -0.2) is 9.29 Å². The normalized spacial score (nSPS) is 22.7. The summed E-state index contributed by atoms with van der Waals surface area (Å²) in [6.45, 7) is 0.858. The van der Waals surface area contributed by atoms with Gasteiger partial charge in [0.25, 0.3) is 0 Å². The van der Waals surface area contributed by atoms with Crippen molar-refractivity contribution in [3.63, 3.8) is 0 Å². The van der Waals surface area contributed by atoms with Gasteiger partial charge in [0, 0.05) is 46.6 Å². The molecule has 3 aromatic rings. The van der Waals surface area contributed by atoms with Gasteiger partial charge in [-0.15, -0.1) is 0 Å². The predicted octanol–water partition coefficient (Wildman–Crippen LogP) is 5.18. The maximum Gasteiger partial charge on any atom is 0.321 e. The van der Waals surface area contributed by atoms with E-state index >= 15 is 0 Å². The summed E-state index contributed by atoms with van der Waals surface area (Å²) in [5.74, 6) is 6.23. The van der Waals surface area contributed by atoms with Gasteiger partial charge in [-0.3, -0.25) is 9.78 Å². The Morgan fingerprint density at radius 1 is 1.06 bits per heavy atom. The van der Waals surface area contributed by atoms with E-state index in [0.29, 0.717) is 5.25 Å². The quantitative estimate of drug-likeness (QED) is 0.332. The fraction of sp³-hybridized carbons (Fsp3) is 0.296. The molecule has 1 N–H and O–H groups in total. The number of aromatic nitrogens is 2. The van der Waals surface area contributed by atoms with Crippen molar-refractivity contribution in [3.05, 3.63) is 72.6 Å². The Kier molecular flexibility index (Phi) is 6.43. The van der Waals surface area contributed by atoms with E-state index in [9.17, 15) is 9.90 Å². The van der Waals surface area contributed by atoms with E-state index in [1.165, 1.54) is 0 Å². The number of pyridine rings is 2. The summed E-state index contributed by atoms with van der Waals surface area (Å²) >= 11 is 1.69. The third-order valence-corrected chi connectivity index (χ3v) is 7.52. The number of rotatable bonds is 4. The molecule has 1 saturated heterocycles. The molecule has 6 heteroatoms. The summed E-state index contributed by atoms with van der Waals surface area (Å²) in [7, 11) is 0. The van der Waals surface area contributed by atoms with E-state index < -0.39 is 5.97 Å². The zero-order valence-corrected chi connectivity index (χ0v) is 19.0. The van der Waals surface area contributed by atoms with E-state index in [1.54, 1.807) is 18.1 Å². The van der Waals surface area contributed by atoms with Gasteiger partial charge in [0.05, 0.1) is 11.2 Å². The molecule has 0 bridgehead atoms. The van der Waals surface area contributed by atoms with Crippen LogP contribution in [0.25, 0.3) is 22.2 Å². The van der Waals surface area contributed by atoms with Crippen molar-refractivity contribution in [3.8, 4) is 23.1 Å². The van der Waals surface area contributed by atoms with Crippen LogP contribution in [0.15, 0.2) is 67.0 Å². The summed E-state index contributed by atoms with van der Waals surface area (Å²) in [4.78, 5) is 20.2. The molecule has 2 aromatic heterocycles. The topological polar surface area (TPSA) is 66.3 Å². The van der Waals surface area contributed by atoms with Crippen molar-refractivity contribution in [2.45, 2.75) is 37.0 Å². The van der Waals surface area contributed by atoms with Gasteiger partial charge in [-0.05, 0) is 56.0 Å². The SMILES string of the molecule is O=C(O)C1CCCN1SC1C=CC(C#Cc2ccc(-c3ccc4cnccc4n3)cc2)CC1. The van der Waals surface area contributed by atoms with Crippen LogP contribution in [0.1, 0.15) is 31.2 Å². The lowest BCUT2D eigenvalue weighted by atomic mass is 9.96. The van der Waals surface area contributed by atoms with Crippen molar-refractivity contribution in [1.29, 1.82) is 0 Å². The molecule has 5 nitrogen and oxygen atoms in total. The van der Waals surface area contributed by atoms with Crippen LogP contribution < -0.4 is 0 Å². The average molecular weight is 456 g/mol. The Labute approximate surface area is 198 Å². The van der Waals surface area contributed by atoms with E-state index in [1.807, 2.05) is 40.8 Å². The first-order chi connectivity index (χ1) is 16.2. The lowest BCUT2D eigenvalue weighted by Gasteiger charge is -2.26. The molecule has 3 heterocycles. The van der Waals surface area contributed by atoms with Gasteiger partial charge in [-0.2, -0.15) is 0 Å². The van der Waals surface area contributed by atoms with Gasteiger partial charge in [0.1, 0.15) is 6.04 Å². The first-order valence-corrected chi connectivity index (χ1v) is 12.2. The molecule has 5 rings (SSSR count). The number of allylic oxidation sites excluding steroid dienone is 1. The standard InChI is InChI=1S/C27H25N3O2S/c31-27(32)26-2-1-17-30(26)33-23-12-7-20(8-13-23)4-3-19-5-9-21(10-6-19)24-14-11-22-18-28-16-15-25(22)29-24/h5-7,9-12,14-16,18,20,23,26H,1-2,8,13,17H2,(H,31,32). The van der Waals surface area contributed by atoms with Crippen molar-refractivity contribution < 1.29 is 9.90 Å². The van der Waals surface area contributed by atoms with E-state index in [0.717, 1.165) is 60.0 Å². The Balaban J connectivity index is 1.20. The largest absolute Gasteiger partial charge is 0.480 e. The third-order valence-electron chi connectivity index (χ3n) is 6.15. The number of hydrogen-bond donors (Lipinski definition) is 1. The molecular weight excluding hydrogens is 430 g/mol. The monoisotopic (exact) mass is 455 g/mol. The molecule has 2 aliphatic rings. The second kappa shape index (κ2) is 9.78. The van der Waals surface area contributed by atoms with Crippen LogP contribution >= 0.6 is 11.9 Å². The molecule has 1 aliphatic carbocycles. The summed E-state index contributed by atoms with van der Waals surface area (Å²) < 4.78 is 2.05. The highest BCUT2D eigenvalue weighted by Gasteiger charge is 2.32. The van der Waals surface area contributed by atoms with Crippen LogP contribution in [0.2, 0.25) is 0 Å². The predicted molar refractivity (Wildman–Crippen MR) is 132 cm³/mol. The molecule has 3 unspecified atom stereocenters. The second-order valence-electron chi connectivity index (χ2n) is 8.46. The molecule has 1 aliphatic heterocycles. The number of benzene rings is 1. The van der Waals surface area contributed by atoms with Gasteiger partial charge < -0.3 is 5.11 Å². The van der Waals surface area contributed by atoms with Crippen LogP contribution in [0, 0.1) is 17.8 Å². The molecule has 0 amide bonds. The first kappa shape index (κ1) is 21.7. The van der Waals surface area contributed by atoms with Crippen molar-refractivity contribution in [2.75, 3.05) is 6.54 Å². The number of hydrogen-bond acceptors (Lipinski definition) is 5. The molecule has 3 atom stereocenters. The Hall–Kier alpha value is -3.14. The third kappa shape index (κ3) is 5.11. The lowest BCUT2D eigenvalue weighted by Crippen LogP contribution is -2.32. The van der Waals surface area contributed by atoms with E-state index in [-0.39, 0.29) is 12.0 Å². The van der Waals surface area contributed by atoms with Crippen LogP contribution in [0.3, 0.4) is 0 Å².